The van der Waals surface area contributed by atoms with Gasteiger partial charge in [0.15, 0.2) is 5.76 Å². The van der Waals surface area contributed by atoms with Crippen molar-refractivity contribution in [3.05, 3.63) is 17.5 Å². The molecule has 1 fully saturated rings. The third-order valence-electron chi connectivity index (χ3n) is 3.59. The molecule has 0 aromatic carbocycles. The van der Waals surface area contributed by atoms with Crippen molar-refractivity contribution in [2.24, 2.45) is 5.92 Å². The highest BCUT2D eigenvalue weighted by Crippen LogP contribution is 2.15. The number of aromatic nitrogens is 1. The van der Waals surface area contributed by atoms with Crippen LogP contribution in [0.25, 0.3) is 0 Å². The van der Waals surface area contributed by atoms with Crippen molar-refractivity contribution < 1.29 is 9.26 Å². The van der Waals surface area contributed by atoms with Gasteiger partial charge in [0.05, 0.1) is 11.8 Å². The van der Waals surface area contributed by atoms with E-state index in [0.29, 0.717) is 18.6 Å². The Bertz CT molecular complexity index is 384. The van der Waals surface area contributed by atoms with Gasteiger partial charge in [-0.25, -0.2) is 0 Å². The lowest BCUT2D eigenvalue weighted by Crippen LogP contribution is -2.34. The first-order chi connectivity index (χ1) is 9.63. The summed E-state index contributed by atoms with van der Waals surface area (Å²) in [5, 5.41) is 7.42. The average molecular weight is 281 g/mol. The third-order valence-corrected chi connectivity index (χ3v) is 3.59. The van der Waals surface area contributed by atoms with Crippen LogP contribution in [0.2, 0.25) is 0 Å². The molecule has 20 heavy (non-hydrogen) atoms. The van der Waals surface area contributed by atoms with Crippen LogP contribution in [0.3, 0.4) is 0 Å². The van der Waals surface area contributed by atoms with Crippen LogP contribution in [-0.2, 0) is 17.9 Å². The van der Waals surface area contributed by atoms with Crippen LogP contribution < -0.4 is 5.32 Å². The molecule has 1 aromatic rings. The summed E-state index contributed by atoms with van der Waals surface area (Å²) in [4.78, 5) is 2.34. The molecule has 0 amide bonds. The first-order valence-electron chi connectivity index (χ1n) is 7.59. The number of hydrogen-bond acceptors (Lipinski definition) is 5. The Kier molecular flexibility index (Phi) is 6.01. The van der Waals surface area contributed by atoms with Crippen molar-refractivity contribution >= 4 is 0 Å². The van der Waals surface area contributed by atoms with Gasteiger partial charge in [0.1, 0.15) is 6.61 Å². The minimum Gasteiger partial charge on any atom is -0.370 e. The summed E-state index contributed by atoms with van der Waals surface area (Å²) in [6, 6.07) is 1.99. The lowest BCUT2D eigenvalue weighted by molar-refractivity contribution is -0.00652. The average Bonchev–Trinajstić information content (AvgIpc) is 2.86. The smallest absolute Gasteiger partial charge is 0.162 e. The summed E-state index contributed by atoms with van der Waals surface area (Å²) in [5.74, 6) is 1.47. The molecule has 1 aromatic heterocycles. The Labute approximate surface area is 121 Å². The van der Waals surface area contributed by atoms with Crippen LogP contribution in [-0.4, -0.2) is 42.8 Å². The monoisotopic (exact) mass is 281 g/mol. The molecular formula is C15H27N3O2. The van der Waals surface area contributed by atoms with E-state index in [1.807, 2.05) is 6.07 Å². The molecule has 2 rings (SSSR count). The van der Waals surface area contributed by atoms with Crippen molar-refractivity contribution in [1.29, 1.82) is 0 Å². The van der Waals surface area contributed by atoms with Gasteiger partial charge >= 0.3 is 0 Å². The first kappa shape index (κ1) is 15.5. The molecule has 5 heteroatoms. The van der Waals surface area contributed by atoms with Crippen molar-refractivity contribution in [3.63, 3.8) is 0 Å². The summed E-state index contributed by atoms with van der Waals surface area (Å²) < 4.78 is 11.2. The lowest BCUT2D eigenvalue weighted by atomic mass is 10.1. The maximum absolute atomic E-state index is 5.89. The Morgan fingerprint density at radius 3 is 2.90 bits per heavy atom. The molecule has 0 unspecified atom stereocenters. The Morgan fingerprint density at radius 2 is 2.20 bits per heavy atom. The molecule has 1 N–H and O–H groups in total. The van der Waals surface area contributed by atoms with E-state index in [1.165, 1.54) is 0 Å². The maximum atomic E-state index is 5.89. The van der Waals surface area contributed by atoms with Crippen molar-refractivity contribution in [3.8, 4) is 0 Å². The van der Waals surface area contributed by atoms with Gasteiger partial charge < -0.3 is 19.5 Å². The summed E-state index contributed by atoms with van der Waals surface area (Å²) in [7, 11) is 2.16. The quantitative estimate of drug-likeness (QED) is 0.829. The number of piperidine rings is 1. The summed E-state index contributed by atoms with van der Waals surface area (Å²) in [5.41, 5.74) is 0.952. The maximum Gasteiger partial charge on any atom is 0.162 e. The summed E-state index contributed by atoms with van der Waals surface area (Å²) in [6.45, 7) is 8.90. The van der Waals surface area contributed by atoms with E-state index < -0.39 is 0 Å². The van der Waals surface area contributed by atoms with E-state index in [4.69, 9.17) is 9.26 Å². The van der Waals surface area contributed by atoms with Crippen molar-refractivity contribution in [2.75, 3.05) is 26.7 Å². The first-order valence-corrected chi connectivity index (χ1v) is 7.59. The Balaban J connectivity index is 1.67. The molecular weight excluding hydrogens is 254 g/mol. The molecule has 0 atom stereocenters. The molecule has 2 heterocycles. The molecule has 0 bridgehead atoms. The Hall–Kier alpha value is -0.910. The van der Waals surface area contributed by atoms with Gasteiger partial charge in [-0.3, -0.25) is 0 Å². The zero-order chi connectivity index (χ0) is 14.4. The van der Waals surface area contributed by atoms with E-state index in [0.717, 1.165) is 50.5 Å². The zero-order valence-electron chi connectivity index (χ0n) is 12.9. The predicted octanol–water partition coefficient (Wildman–Crippen LogP) is 2.03. The van der Waals surface area contributed by atoms with Crippen LogP contribution in [0, 0.1) is 5.92 Å². The molecule has 1 aliphatic heterocycles. The SMILES string of the molecule is CC(C)CNCc1cc(COC2CCN(C)CC2)on1. The van der Waals surface area contributed by atoms with E-state index in [2.05, 4.69) is 36.3 Å². The van der Waals surface area contributed by atoms with Crippen LogP contribution in [0.1, 0.15) is 38.1 Å². The molecule has 0 spiro atoms. The molecule has 1 aliphatic rings. The predicted molar refractivity (Wildman–Crippen MR) is 78.4 cm³/mol. The molecule has 1 saturated heterocycles. The van der Waals surface area contributed by atoms with Crippen LogP contribution in [0.4, 0.5) is 0 Å². The van der Waals surface area contributed by atoms with Crippen molar-refractivity contribution in [2.45, 2.75) is 45.9 Å². The number of likely N-dealkylation sites (tertiary alicyclic amines) is 1. The second kappa shape index (κ2) is 7.76. The Morgan fingerprint density at radius 1 is 1.45 bits per heavy atom. The van der Waals surface area contributed by atoms with Gasteiger partial charge in [0.2, 0.25) is 0 Å². The fourth-order valence-corrected chi connectivity index (χ4v) is 2.35. The largest absolute Gasteiger partial charge is 0.370 e. The third kappa shape index (κ3) is 5.23. The minimum atomic E-state index is 0.360. The zero-order valence-corrected chi connectivity index (χ0v) is 12.9. The molecule has 114 valence electrons. The fourth-order valence-electron chi connectivity index (χ4n) is 2.35. The van der Waals surface area contributed by atoms with E-state index in [1.54, 1.807) is 0 Å². The minimum absolute atomic E-state index is 0.360. The topological polar surface area (TPSA) is 50.5 Å². The summed E-state index contributed by atoms with van der Waals surface area (Å²) in [6.07, 6.45) is 2.57. The van der Waals surface area contributed by atoms with Gasteiger partial charge in [0, 0.05) is 25.7 Å². The van der Waals surface area contributed by atoms with Gasteiger partial charge in [0.25, 0.3) is 0 Å². The second-order valence-corrected chi connectivity index (χ2v) is 6.12. The van der Waals surface area contributed by atoms with Crippen LogP contribution >= 0.6 is 0 Å². The highest BCUT2D eigenvalue weighted by Gasteiger charge is 2.17. The molecule has 0 radical (unpaired) electrons. The molecule has 0 aliphatic carbocycles. The standard InChI is InChI=1S/C15H27N3O2/c1-12(2)9-16-10-13-8-15(20-17-13)11-19-14-4-6-18(3)7-5-14/h8,12,14,16H,4-7,9-11H2,1-3H3. The van der Waals surface area contributed by atoms with E-state index >= 15 is 0 Å². The van der Waals surface area contributed by atoms with Crippen LogP contribution in [0.15, 0.2) is 10.6 Å². The number of nitrogens with zero attached hydrogens (tertiary/aromatic N) is 2. The van der Waals surface area contributed by atoms with Gasteiger partial charge in [-0.15, -0.1) is 0 Å². The van der Waals surface area contributed by atoms with Gasteiger partial charge in [-0.2, -0.15) is 0 Å². The van der Waals surface area contributed by atoms with Gasteiger partial charge in [-0.1, -0.05) is 19.0 Å². The van der Waals surface area contributed by atoms with Crippen molar-refractivity contribution in [1.82, 2.24) is 15.4 Å². The number of hydrogen-bond donors (Lipinski definition) is 1. The summed E-state index contributed by atoms with van der Waals surface area (Å²) >= 11 is 0. The van der Waals surface area contributed by atoms with E-state index in [9.17, 15) is 0 Å². The highest BCUT2D eigenvalue weighted by atomic mass is 16.5. The number of ether oxygens (including phenoxy) is 1. The number of rotatable bonds is 7. The van der Waals surface area contributed by atoms with Crippen LogP contribution in [0.5, 0.6) is 0 Å². The molecule has 0 saturated carbocycles. The lowest BCUT2D eigenvalue weighted by Gasteiger charge is -2.28. The number of nitrogens with one attached hydrogen (secondary N) is 1. The normalized spacial score (nSPS) is 18.0. The van der Waals surface area contributed by atoms with E-state index in [-0.39, 0.29) is 0 Å². The molecule has 5 nitrogen and oxygen atoms in total. The van der Waals surface area contributed by atoms with Gasteiger partial charge in [-0.05, 0) is 32.4 Å². The fraction of sp³-hybridized carbons (Fsp3) is 0.800. The highest BCUT2D eigenvalue weighted by molar-refractivity contribution is 5.04. The second-order valence-electron chi connectivity index (χ2n) is 6.12.